The molecule has 0 aromatic heterocycles. The van der Waals surface area contributed by atoms with E-state index < -0.39 is 7.60 Å². The normalized spacial score (nSPS) is 20.5. The Morgan fingerprint density at radius 1 is 1.04 bits per heavy atom. The maximum Gasteiger partial charge on any atom is 0.356 e. The topological polar surface area (TPSA) is 66.8 Å². The van der Waals surface area contributed by atoms with Crippen molar-refractivity contribution in [1.29, 1.82) is 0 Å². The van der Waals surface area contributed by atoms with Gasteiger partial charge in [0.15, 0.2) is 0 Å². The number of ether oxygens (including phenoxy) is 1. The van der Waals surface area contributed by atoms with Gasteiger partial charge in [-0.05, 0) is 73.4 Å². The van der Waals surface area contributed by atoms with Crippen molar-refractivity contribution >= 4 is 12.9 Å². The van der Waals surface area contributed by atoms with Crippen LogP contribution in [0.3, 0.4) is 0 Å². The van der Waals surface area contributed by atoms with Gasteiger partial charge in [-0.1, -0.05) is 25.8 Å². The fourth-order valence-electron chi connectivity index (χ4n) is 3.85. The van der Waals surface area contributed by atoms with Crippen LogP contribution in [0.4, 0.5) is 4.39 Å². The lowest BCUT2D eigenvalue weighted by Crippen LogP contribution is -2.12. The summed E-state index contributed by atoms with van der Waals surface area (Å²) in [4.78, 5) is 18.7. The van der Waals surface area contributed by atoms with Crippen LogP contribution in [0.2, 0.25) is 0 Å². The SMILES string of the molecule is Cc1cc(P(=O)(O)O)cc(C)c1Oc1ccc(C2CCC(C)CC2)c(F)c1. The third-order valence-corrected chi connectivity index (χ3v) is 6.36. The Kier molecular flexibility index (Phi) is 5.76. The molecule has 4 nitrogen and oxygen atoms in total. The van der Waals surface area contributed by atoms with Gasteiger partial charge in [0, 0.05) is 6.07 Å². The second kappa shape index (κ2) is 7.75. The molecule has 0 heterocycles. The van der Waals surface area contributed by atoms with Gasteiger partial charge >= 0.3 is 7.60 Å². The lowest BCUT2D eigenvalue weighted by Gasteiger charge is -2.26. The van der Waals surface area contributed by atoms with Crippen molar-refractivity contribution in [2.24, 2.45) is 5.92 Å². The van der Waals surface area contributed by atoms with Gasteiger partial charge < -0.3 is 14.5 Å². The van der Waals surface area contributed by atoms with Gasteiger partial charge in [-0.25, -0.2) is 4.39 Å². The zero-order chi connectivity index (χ0) is 19.8. The maximum absolute atomic E-state index is 14.7. The molecule has 0 atom stereocenters. The Balaban J connectivity index is 1.82. The third-order valence-electron chi connectivity index (χ3n) is 5.43. The molecule has 6 heteroatoms. The average Bonchev–Trinajstić information content (AvgIpc) is 2.58. The summed E-state index contributed by atoms with van der Waals surface area (Å²) in [5, 5.41) is -0.0436. The molecule has 2 aromatic rings. The Morgan fingerprint density at radius 3 is 2.15 bits per heavy atom. The number of halogens is 1. The Labute approximate surface area is 159 Å². The highest BCUT2D eigenvalue weighted by Crippen LogP contribution is 2.39. The first-order chi connectivity index (χ1) is 12.6. The molecule has 2 N–H and O–H groups in total. The van der Waals surface area contributed by atoms with Crippen molar-refractivity contribution in [1.82, 2.24) is 0 Å². The van der Waals surface area contributed by atoms with E-state index in [4.69, 9.17) is 4.74 Å². The van der Waals surface area contributed by atoms with E-state index in [-0.39, 0.29) is 17.0 Å². The number of hydrogen-bond donors (Lipinski definition) is 2. The summed E-state index contributed by atoms with van der Waals surface area (Å²) in [6, 6.07) is 7.81. The van der Waals surface area contributed by atoms with Crippen LogP contribution in [0, 0.1) is 25.6 Å². The molecule has 27 heavy (non-hydrogen) atoms. The zero-order valence-corrected chi connectivity index (χ0v) is 16.8. The molecule has 0 aliphatic heterocycles. The second-order valence-electron chi connectivity index (χ2n) is 7.69. The summed E-state index contributed by atoms with van der Waals surface area (Å²) >= 11 is 0. The number of aryl methyl sites for hydroxylation is 2. The molecule has 1 saturated carbocycles. The summed E-state index contributed by atoms with van der Waals surface area (Å²) in [6.45, 7) is 5.68. The van der Waals surface area contributed by atoms with E-state index in [0.717, 1.165) is 31.2 Å². The van der Waals surface area contributed by atoms with Crippen molar-refractivity contribution in [2.75, 3.05) is 0 Å². The first-order valence-corrected chi connectivity index (χ1v) is 10.9. The van der Waals surface area contributed by atoms with Gasteiger partial charge in [0.05, 0.1) is 5.30 Å². The van der Waals surface area contributed by atoms with Gasteiger partial charge in [-0.2, -0.15) is 0 Å². The van der Waals surface area contributed by atoms with Crippen LogP contribution in [0.5, 0.6) is 11.5 Å². The Hall–Kier alpha value is -1.68. The van der Waals surface area contributed by atoms with Crippen molar-refractivity contribution in [2.45, 2.75) is 52.4 Å². The van der Waals surface area contributed by atoms with Crippen molar-refractivity contribution < 1.29 is 23.5 Å². The van der Waals surface area contributed by atoms with Crippen molar-refractivity contribution in [3.05, 3.63) is 52.8 Å². The van der Waals surface area contributed by atoms with E-state index >= 15 is 0 Å². The van der Waals surface area contributed by atoms with Crippen LogP contribution in [0.15, 0.2) is 30.3 Å². The third kappa shape index (κ3) is 4.60. The van der Waals surface area contributed by atoms with Crippen LogP contribution in [-0.2, 0) is 4.57 Å². The molecule has 0 unspecified atom stereocenters. The molecular weight excluding hydrogens is 366 g/mol. The largest absolute Gasteiger partial charge is 0.457 e. The number of benzene rings is 2. The highest BCUT2D eigenvalue weighted by atomic mass is 31.2. The van der Waals surface area contributed by atoms with Crippen molar-refractivity contribution in [3.63, 3.8) is 0 Å². The molecule has 146 valence electrons. The minimum atomic E-state index is -4.32. The van der Waals surface area contributed by atoms with E-state index in [1.54, 1.807) is 26.0 Å². The molecule has 0 saturated heterocycles. The first-order valence-electron chi connectivity index (χ1n) is 9.30. The first kappa shape index (κ1) is 20.1. The molecule has 1 aliphatic rings. The predicted molar refractivity (Wildman–Crippen MR) is 104 cm³/mol. The Bertz CT molecular complexity index is 859. The molecule has 0 amide bonds. The fourth-order valence-corrected chi connectivity index (χ4v) is 4.57. The smallest absolute Gasteiger partial charge is 0.356 e. The molecule has 0 bridgehead atoms. The van der Waals surface area contributed by atoms with Crippen LogP contribution < -0.4 is 10.0 Å². The molecule has 1 fully saturated rings. The standard InChI is InChI=1S/C21H26FO4P/c1-13-4-6-16(7-5-13)19-9-8-17(12-20(19)22)26-21-14(2)10-18(11-15(21)3)27(23,24)25/h8-13,16H,4-7H2,1-3H3,(H2,23,24,25). The van der Waals surface area contributed by atoms with Gasteiger partial charge in [0.1, 0.15) is 17.3 Å². The molecule has 3 rings (SSSR count). The van der Waals surface area contributed by atoms with Gasteiger partial charge in [0.2, 0.25) is 0 Å². The Morgan fingerprint density at radius 2 is 1.63 bits per heavy atom. The zero-order valence-electron chi connectivity index (χ0n) is 15.9. The van der Waals surface area contributed by atoms with E-state index in [2.05, 4.69) is 6.92 Å². The van der Waals surface area contributed by atoms with E-state index in [9.17, 15) is 18.7 Å². The van der Waals surface area contributed by atoms with Crippen LogP contribution in [0.25, 0.3) is 0 Å². The lowest BCUT2D eigenvalue weighted by molar-refractivity contribution is 0.341. The molecular formula is C21H26FO4P. The van der Waals surface area contributed by atoms with Gasteiger partial charge in [-0.15, -0.1) is 0 Å². The second-order valence-corrected chi connectivity index (χ2v) is 9.30. The highest BCUT2D eigenvalue weighted by molar-refractivity contribution is 7.60. The number of rotatable bonds is 4. The molecule has 0 radical (unpaired) electrons. The molecule has 2 aromatic carbocycles. The molecule has 1 aliphatic carbocycles. The van der Waals surface area contributed by atoms with Gasteiger partial charge in [0.25, 0.3) is 0 Å². The predicted octanol–water partition coefficient (Wildman–Crippen LogP) is 5.33. The summed E-state index contributed by atoms with van der Waals surface area (Å²) in [7, 11) is -4.32. The maximum atomic E-state index is 14.7. The minimum absolute atomic E-state index is 0.0436. The summed E-state index contributed by atoms with van der Waals surface area (Å²) < 4.78 is 32.0. The average molecular weight is 392 g/mol. The summed E-state index contributed by atoms with van der Waals surface area (Å²) in [5.74, 6) is 1.60. The van der Waals surface area contributed by atoms with Crippen LogP contribution in [-0.4, -0.2) is 9.79 Å². The summed E-state index contributed by atoms with van der Waals surface area (Å²) in [5.41, 5.74) is 1.94. The minimum Gasteiger partial charge on any atom is -0.457 e. The fraction of sp³-hybridized carbons (Fsp3) is 0.429. The van der Waals surface area contributed by atoms with E-state index in [0.29, 0.717) is 28.5 Å². The van der Waals surface area contributed by atoms with Crippen molar-refractivity contribution in [3.8, 4) is 11.5 Å². The monoisotopic (exact) mass is 392 g/mol. The van der Waals surface area contributed by atoms with E-state index in [1.165, 1.54) is 18.2 Å². The van der Waals surface area contributed by atoms with Crippen LogP contribution in [0.1, 0.15) is 55.2 Å². The quantitative estimate of drug-likeness (QED) is 0.690. The van der Waals surface area contributed by atoms with Crippen LogP contribution >= 0.6 is 7.60 Å². The highest BCUT2D eigenvalue weighted by Gasteiger charge is 2.23. The lowest BCUT2D eigenvalue weighted by atomic mass is 9.79. The molecule has 0 spiro atoms. The van der Waals surface area contributed by atoms with Gasteiger partial charge in [-0.3, -0.25) is 4.57 Å². The number of hydrogen-bond acceptors (Lipinski definition) is 2. The summed E-state index contributed by atoms with van der Waals surface area (Å²) in [6.07, 6.45) is 4.29. The van der Waals surface area contributed by atoms with E-state index in [1.807, 2.05) is 0 Å².